The molecule has 3 rings (SSSR count). The number of benzene rings is 1. The Hall–Kier alpha value is -2.37. The highest BCUT2D eigenvalue weighted by Gasteiger charge is 2.17. The van der Waals surface area contributed by atoms with Crippen molar-refractivity contribution < 1.29 is 9.53 Å². The van der Waals surface area contributed by atoms with Crippen molar-refractivity contribution in [3.63, 3.8) is 0 Å². The summed E-state index contributed by atoms with van der Waals surface area (Å²) in [6, 6.07) is 8.00. The van der Waals surface area contributed by atoms with Gasteiger partial charge in [-0.25, -0.2) is 4.99 Å². The van der Waals surface area contributed by atoms with Crippen LogP contribution in [-0.2, 0) is 24.8 Å². The average molecular weight is 541 g/mol. The van der Waals surface area contributed by atoms with Gasteiger partial charge in [0.25, 0.3) is 0 Å². The Balaban J connectivity index is 0.00000341. The number of guanidine groups is 1. The fraction of sp³-hybridized carbons (Fsp3) is 0.524. The van der Waals surface area contributed by atoms with Crippen LogP contribution in [-0.4, -0.2) is 64.8 Å². The van der Waals surface area contributed by atoms with Gasteiger partial charge in [-0.15, -0.1) is 34.2 Å². The number of amides is 1. The zero-order valence-corrected chi connectivity index (χ0v) is 20.8. The Labute approximate surface area is 200 Å². The van der Waals surface area contributed by atoms with E-state index in [-0.39, 0.29) is 36.4 Å². The second-order valence-electron chi connectivity index (χ2n) is 7.35. The second-order valence-corrected chi connectivity index (χ2v) is 7.35. The van der Waals surface area contributed by atoms with E-state index in [1.807, 2.05) is 47.7 Å². The molecule has 0 bridgehead atoms. The van der Waals surface area contributed by atoms with Crippen molar-refractivity contribution in [2.45, 2.75) is 32.7 Å². The van der Waals surface area contributed by atoms with E-state index >= 15 is 0 Å². The van der Waals surface area contributed by atoms with E-state index < -0.39 is 0 Å². The highest BCUT2D eigenvalue weighted by Crippen LogP contribution is 2.11. The third kappa shape index (κ3) is 7.37. The molecule has 0 aliphatic carbocycles. The van der Waals surface area contributed by atoms with Gasteiger partial charge in [0.05, 0.1) is 13.7 Å². The first-order chi connectivity index (χ1) is 14.6. The van der Waals surface area contributed by atoms with E-state index in [0.29, 0.717) is 19.0 Å². The van der Waals surface area contributed by atoms with Crippen molar-refractivity contribution in [3.05, 3.63) is 41.5 Å². The summed E-state index contributed by atoms with van der Waals surface area (Å²) in [7, 11) is 3.58. The molecule has 1 aliphatic rings. The summed E-state index contributed by atoms with van der Waals surface area (Å²) in [5, 5.41) is 14.7. The number of hydrogen-bond donors (Lipinski definition) is 2. The molecule has 170 valence electrons. The lowest BCUT2D eigenvalue weighted by Crippen LogP contribution is -2.44. The Kier molecular flexibility index (Phi) is 10.0. The molecule has 0 spiro atoms. The number of aryl methyl sites for hydroxylation is 1. The van der Waals surface area contributed by atoms with E-state index in [0.717, 1.165) is 49.8 Å². The molecule has 0 unspecified atom stereocenters. The van der Waals surface area contributed by atoms with Gasteiger partial charge < -0.3 is 24.8 Å². The van der Waals surface area contributed by atoms with Gasteiger partial charge in [0.1, 0.15) is 18.1 Å². The predicted octanol–water partition coefficient (Wildman–Crippen LogP) is 1.65. The van der Waals surface area contributed by atoms with Crippen LogP contribution < -0.4 is 15.4 Å². The summed E-state index contributed by atoms with van der Waals surface area (Å²) >= 11 is 0. The van der Waals surface area contributed by atoms with Crippen LogP contribution in [0.2, 0.25) is 0 Å². The molecule has 1 saturated heterocycles. The molecule has 9 nitrogen and oxygen atoms in total. The van der Waals surface area contributed by atoms with Gasteiger partial charge >= 0.3 is 0 Å². The highest BCUT2D eigenvalue weighted by atomic mass is 127. The van der Waals surface area contributed by atoms with Gasteiger partial charge in [0, 0.05) is 26.7 Å². The molecule has 0 atom stereocenters. The maximum absolute atomic E-state index is 12.4. The standard InChI is InChI=1S/C21H31N7O2.HI/c1-16-25-26-19(27(16)2)14-23-21(24-15-20(29)28-12-4-5-13-28)22-11-10-17-6-8-18(30-3)9-7-17;/h6-9H,4-5,10-15H2,1-3H3,(H2,22,23,24);1H. The monoisotopic (exact) mass is 541 g/mol. The third-order valence-electron chi connectivity index (χ3n) is 5.29. The lowest BCUT2D eigenvalue weighted by molar-refractivity contribution is -0.128. The molecule has 1 amide bonds. The second kappa shape index (κ2) is 12.5. The van der Waals surface area contributed by atoms with E-state index in [1.54, 1.807) is 7.11 Å². The number of halogens is 1. The number of rotatable bonds is 8. The molecule has 2 N–H and O–H groups in total. The first-order valence-corrected chi connectivity index (χ1v) is 10.3. The zero-order valence-electron chi connectivity index (χ0n) is 18.4. The average Bonchev–Trinajstić information content (AvgIpc) is 3.41. The van der Waals surface area contributed by atoms with Crippen LogP contribution in [0.1, 0.15) is 30.1 Å². The van der Waals surface area contributed by atoms with Crippen LogP contribution in [0.4, 0.5) is 0 Å². The van der Waals surface area contributed by atoms with Crippen molar-refractivity contribution in [1.82, 2.24) is 30.3 Å². The number of aliphatic imine (C=N–C) groups is 1. The Morgan fingerprint density at radius 3 is 2.48 bits per heavy atom. The minimum absolute atomic E-state index is 0. The number of ether oxygens (including phenoxy) is 1. The number of nitrogens with one attached hydrogen (secondary N) is 2. The number of likely N-dealkylation sites (tertiary alicyclic amines) is 1. The van der Waals surface area contributed by atoms with E-state index in [4.69, 9.17) is 4.74 Å². The summed E-state index contributed by atoms with van der Waals surface area (Å²) in [5.41, 5.74) is 1.19. The van der Waals surface area contributed by atoms with Gasteiger partial charge in [-0.2, -0.15) is 0 Å². The first-order valence-electron chi connectivity index (χ1n) is 10.3. The lowest BCUT2D eigenvalue weighted by Gasteiger charge is -2.17. The molecule has 1 aliphatic heterocycles. The van der Waals surface area contributed by atoms with Crippen LogP contribution in [0.15, 0.2) is 29.3 Å². The molecule has 1 fully saturated rings. The molecule has 0 saturated carbocycles. The minimum atomic E-state index is 0. The van der Waals surface area contributed by atoms with Crippen LogP contribution >= 0.6 is 24.0 Å². The molecule has 2 heterocycles. The normalized spacial score (nSPS) is 13.6. The van der Waals surface area contributed by atoms with Crippen molar-refractivity contribution in [1.29, 1.82) is 0 Å². The van der Waals surface area contributed by atoms with Crippen LogP contribution in [0.25, 0.3) is 0 Å². The molecule has 2 aromatic rings. The topological polar surface area (TPSA) is 96.7 Å². The van der Waals surface area contributed by atoms with Crippen LogP contribution in [0.5, 0.6) is 5.75 Å². The number of hydrogen-bond acceptors (Lipinski definition) is 5. The number of methoxy groups -OCH3 is 1. The largest absolute Gasteiger partial charge is 0.497 e. The van der Waals surface area contributed by atoms with Crippen molar-refractivity contribution in [2.75, 3.05) is 33.3 Å². The molecule has 1 aromatic carbocycles. The highest BCUT2D eigenvalue weighted by molar-refractivity contribution is 14.0. The Morgan fingerprint density at radius 1 is 1.16 bits per heavy atom. The summed E-state index contributed by atoms with van der Waals surface area (Å²) < 4.78 is 7.11. The third-order valence-corrected chi connectivity index (χ3v) is 5.29. The van der Waals surface area contributed by atoms with Crippen LogP contribution in [0.3, 0.4) is 0 Å². The predicted molar refractivity (Wildman–Crippen MR) is 131 cm³/mol. The molecular formula is C21H32IN7O2. The van der Waals surface area contributed by atoms with Gasteiger partial charge in [-0.3, -0.25) is 4.79 Å². The maximum Gasteiger partial charge on any atom is 0.241 e. The van der Waals surface area contributed by atoms with Gasteiger partial charge in [-0.05, 0) is 43.9 Å². The molecule has 1 aromatic heterocycles. The maximum atomic E-state index is 12.4. The van der Waals surface area contributed by atoms with Crippen molar-refractivity contribution >= 4 is 35.8 Å². The van der Waals surface area contributed by atoms with Gasteiger partial charge in [0.15, 0.2) is 11.8 Å². The number of nitrogens with zero attached hydrogens (tertiary/aromatic N) is 5. The summed E-state index contributed by atoms with van der Waals surface area (Å²) in [6.07, 6.45) is 2.99. The lowest BCUT2D eigenvalue weighted by atomic mass is 10.1. The van der Waals surface area contributed by atoms with Crippen molar-refractivity contribution in [3.8, 4) is 5.75 Å². The smallest absolute Gasteiger partial charge is 0.241 e. The van der Waals surface area contributed by atoms with E-state index in [9.17, 15) is 4.79 Å². The molecular weight excluding hydrogens is 509 g/mol. The SMILES string of the molecule is COc1ccc(CCNC(=NCc2nnc(C)n2C)NCC(=O)N2CCCC2)cc1.I. The Morgan fingerprint density at radius 2 is 1.87 bits per heavy atom. The fourth-order valence-electron chi connectivity index (χ4n) is 3.27. The fourth-order valence-corrected chi connectivity index (χ4v) is 3.27. The van der Waals surface area contributed by atoms with Gasteiger partial charge in [0.2, 0.25) is 5.91 Å². The first kappa shape index (κ1) is 24.9. The Bertz CT molecular complexity index is 861. The molecule has 10 heteroatoms. The van der Waals surface area contributed by atoms with E-state index in [2.05, 4.69) is 25.8 Å². The molecule has 31 heavy (non-hydrogen) atoms. The van der Waals surface area contributed by atoms with Crippen molar-refractivity contribution in [2.24, 2.45) is 12.0 Å². The summed E-state index contributed by atoms with van der Waals surface area (Å²) in [6.45, 7) is 4.89. The zero-order chi connectivity index (χ0) is 21.3. The van der Waals surface area contributed by atoms with E-state index in [1.165, 1.54) is 5.56 Å². The van der Waals surface area contributed by atoms with Crippen LogP contribution in [0, 0.1) is 6.92 Å². The quantitative estimate of drug-likeness (QED) is 0.300. The minimum Gasteiger partial charge on any atom is -0.497 e. The molecule has 0 radical (unpaired) electrons. The number of aromatic nitrogens is 3. The summed E-state index contributed by atoms with van der Waals surface area (Å²) in [5.74, 6) is 3.15. The summed E-state index contributed by atoms with van der Waals surface area (Å²) in [4.78, 5) is 18.9. The number of carbonyl (C=O) groups excluding carboxylic acids is 1. The number of carbonyl (C=O) groups is 1. The van der Waals surface area contributed by atoms with Gasteiger partial charge in [-0.1, -0.05) is 12.1 Å².